The van der Waals surface area contributed by atoms with Crippen LogP contribution in [-0.2, 0) is 5.41 Å². The lowest BCUT2D eigenvalue weighted by molar-refractivity contribution is 0.662. The lowest BCUT2D eigenvalue weighted by Crippen LogP contribution is -2.16. The van der Waals surface area contributed by atoms with Crippen molar-refractivity contribution in [2.75, 3.05) is 0 Å². The number of halogens is 1. The molecule has 3 aromatic rings. The van der Waals surface area contributed by atoms with E-state index < -0.39 is 0 Å². The zero-order valence-electron chi connectivity index (χ0n) is 12.8. The Balaban J connectivity index is 0.00000144. The fraction of sp³-hybridized carbons (Fsp3) is 0.143. The number of hydrogen-bond donors (Lipinski definition) is 0. The van der Waals surface area contributed by atoms with Gasteiger partial charge in [-0.15, -0.1) is 24.0 Å². The highest BCUT2D eigenvalue weighted by molar-refractivity contribution is 14.0. The molecule has 0 spiro atoms. The van der Waals surface area contributed by atoms with Crippen LogP contribution in [0.25, 0.3) is 22.3 Å². The van der Waals surface area contributed by atoms with Gasteiger partial charge in [0.2, 0.25) is 0 Å². The van der Waals surface area contributed by atoms with Crippen molar-refractivity contribution in [3.05, 3.63) is 83.9 Å². The highest BCUT2D eigenvalue weighted by Crippen LogP contribution is 2.51. The van der Waals surface area contributed by atoms with Crippen LogP contribution in [0.15, 0.2) is 72.8 Å². The molecular weight excluding hydrogens is 379 g/mol. The molecule has 0 fully saturated rings. The van der Waals surface area contributed by atoms with E-state index in [1.807, 2.05) is 0 Å². The first-order valence-electron chi connectivity index (χ1n) is 7.48. The predicted molar refractivity (Wildman–Crippen MR) is 105 cm³/mol. The third-order valence-corrected chi connectivity index (χ3v) is 4.66. The first kappa shape index (κ1) is 15.3. The van der Waals surface area contributed by atoms with Crippen LogP contribution in [0.2, 0.25) is 0 Å². The Bertz CT molecular complexity index is 816. The molecule has 4 rings (SSSR count). The minimum atomic E-state index is 0. The molecule has 1 aliphatic carbocycles. The van der Waals surface area contributed by atoms with E-state index >= 15 is 0 Å². The normalized spacial score (nSPS) is 13.9. The van der Waals surface area contributed by atoms with Crippen molar-refractivity contribution in [1.82, 2.24) is 0 Å². The average Bonchev–Trinajstić information content (AvgIpc) is 2.77. The van der Waals surface area contributed by atoms with Gasteiger partial charge in [0.25, 0.3) is 0 Å². The van der Waals surface area contributed by atoms with E-state index in [2.05, 4.69) is 86.6 Å². The minimum absolute atomic E-state index is 0. The molecule has 0 saturated carbocycles. The van der Waals surface area contributed by atoms with Crippen LogP contribution < -0.4 is 0 Å². The Kier molecular flexibility index (Phi) is 3.85. The smallest absolute Gasteiger partial charge is 0.0165 e. The molecule has 1 heteroatoms. The fourth-order valence-electron chi connectivity index (χ4n) is 3.71. The van der Waals surface area contributed by atoms with Crippen LogP contribution in [0, 0.1) is 0 Å². The summed E-state index contributed by atoms with van der Waals surface area (Å²) < 4.78 is 0. The Morgan fingerprint density at radius 3 is 1.95 bits per heavy atom. The Labute approximate surface area is 149 Å². The summed E-state index contributed by atoms with van der Waals surface area (Å²) in [5, 5.41) is 0. The fourth-order valence-corrected chi connectivity index (χ4v) is 3.71. The molecular formula is C21H19I. The summed E-state index contributed by atoms with van der Waals surface area (Å²) in [5.41, 5.74) is 8.37. The molecule has 0 nitrogen and oxygen atoms in total. The molecule has 0 radical (unpaired) electrons. The van der Waals surface area contributed by atoms with Crippen molar-refractivity contribution in [3.8, 4) is 22.3 Å². The van der Waals surface area contributed by atoms with Crippen LogP contribution in [0.1, 0.15) is 25.0 Å². The third-order valence-electron chi connectivity index (χ3n) is 4.66. The van der Waals surface area contributed by atoms with Gasteiger partial charge in [0, 0.05) is 5.41 Å². The molecule has 0 N–H and O–H groups in total. The maximum Gasteiger partial charge on any atom is 0.0165 e. The van der Waals surface area contributed by atoms with Gasteiger partial charge in [0.1, 0.15) is 0 Å². The zero-order valence-corrected chi connectivity index (χ0v) is 15.2. The summed E-state index contributed by atoms with van der Waals surface area (Å²) in [5.74, 6) is 0. The van der Waals surface area contributed by atoms with Gasteiger partial charge in [-0.25, -0.2) is 0 Å². The Morgan fingerprint density at radius 2 is 1.18 bits per heavy atom. The van der Waals surface area contributed by atoms with Crippen molar-refractivity contribution < 1.29 is 0 Å². The van der Waals surface area contributed by atoms with Gasteiger partial charge < -0.3 is 0 Å². The van der Waals surface area contributed by atoms with E-state index in [4.69, 9.17) is 0 Å². The van der Waals surface area contributed by atoms with E-state index in [1.54, 1.807) is 0 Å². The first-order valence-corrected chi connectivity index (χ1v) is 7.48. The molecule has 110 valence electrons. The maximum atomic E-state index is 2.34. The van der Waals surface area contributed by atoms with Crippen LogP contribution in [-0.4, -0.2) is 0 Å². The van der Waals surface area contributed by atoms with E-state index in [-0.39, 0.29) is 29.4 Å². The van der Waals surface area contributed by atoms with E-state index in [1.165, 1.54) is 33.4 Å². The molecule has 3 aromatic carbocycles. The van der Waals surface area contributed by atoms with Gasteiger partial charge in [-0.1, -0.05) is 86.6 Å². The van der Waals surface area contributed by atoms with Crippen molar-refractivity contribution >= 4 is 24.0 Å². The molecule has 0 bridgehead atoms. The summed E-state index contributed by atoms with van der Waals surface area (Å²) >= 11 is 0. The van der Waals surface area contributed by atoms with E-state index in [9.17, 15) is 0 Å². The van der Waals surface area contributed by atoms with E-state index in [0.29, 0.717) is 0 Å². The molecule has 0 saturated heterocycles. The van der Waals surface area contributed by atoms with Crippen molar-refractivity contribution in [2.24, 2.45) is 0 Å². The highest BCUT2D eigenvalue weighted by Gasteiger charge is 2.36. The summed E-state index contributed by atoms with van der Waals surface area (Å²) in [6.45, 7) is 4.67. The molecule has 0 aromatic heterocycles. The molecule has 0 amide bonds. The number of rotatable bonds is 1. The highest BCUT2D eigenvalue weighted by atomic mass is 127. The third kappa shape index (κ3) is 2.11. The van der Waals surface area contributed by atoms with Crippen LogP contribution >= 0.6 is 24.0 Å². The standard InChI is InChI=1S/C21H18.HI/c1-21(2)19-14-7-6-11-17(19)18-13-8-12-16(20(18)21)15-9-4-3-5-10-15;/h3-14H,1-2H3;1H. The van der Waals surface area contributed by atoms with Gasteiger partial charge in [0.05, 0.1) is 0 Å². The largest absolute Gasteiger partial charge is 0.107 e. The van der Waals surface area contributed by atoms with Crippen LogP contribution in [0.4, 0.5) is 0 Å². The number of benzene rings is 3. The molecule has 1 aliphatic rings. The average molecular weight is 398 g/mol. The summed E-state index contributed by atoms with van der Waals surface area (Å²) in [6, 6.07) is 26.2. The van der Waals surface area contributed by atoms with Gasteiger partial charge in [-0.05, 0) is 33.4 Å². The molecule has 0 heterocycles. The molecule has 22 heavy (non-hydrogen) atoms. The Hall–Kier alpha value is -1.61. The van der Waals surface area contributed by atoms with Gasteiger partial charge in [0.15, 0.2) is 0 Å². The topological polar surface area (TPSA) is 0 Å². The van der Waals surface area contributed by atoms with Crippen LogP contribution in [0.5, 0.6) is 0 Å². The summed E-state index contributed by atoms with van der Waals surface area (Å²) in [7, 11) is 0. The first-order chi connectivity index (χ1) is 10.2. The second-order valence-electron chi connectivity index (χ2n) is 6.26. The lowest BCUT2D eigenvalue weighted by Gasteiger charge is -2.24. The number of fused-ring (bicyclic) bond motifs is 3. The van der Waals surface area contributed by atoms with Crippen molar-refractivity contribution in [1.29, 1.82) is 0 Å². The monoisotopic (exact) mass is 398 g/mol. The maximum absolute atomic E-state index is 2.34. The Morgan fingerprint density at radius 1 is 0.591 bits per heavy atom. The second-order valence-corrected chi connectivity index (χ2v) is 6.26. The zero-order chi connectivity index (χ0) is 14.4. The van der Waals surface area contributed by atoms with E-state index in [0.717, 1.165) is 0 Å². The molecule has 0 aliphatic heterocycles. The summed E-state index contributed by atoms with van der Waals surface area (Å²) in [4.78, 5) is 0. The van der Waals surface area contributed by atoms with Crippen molar-refractivity contribution in [2.45, 2.75) is 19.3 Å². The van der Waals surface area contributed by atoms with Gasteiger partial charge in [-0.2, -0.15) is 0 Å². The summed E-state index contributed by atoms with van der Waals surface area (Å²) in [6.07, 6.45) is 0. The SMILES string of the molecule is CC1(C)c2ccccc2-c2cccc(-c3ccccc3)c21.I. The lowest BCUT2D eigenvalue weighted by atomic mass is 9.79. The molecule has 0 atom stereocenters. The second kappa shape index (κ2) is 5.54. The quantitative estimate of drug-likeness (QED) is 0.424. The van der Waals surface area contributed by atoms with Gasteiger partial charge >= 0.3 is 0 Å². The van der Waals surface area contributed by atoms with Gasteiger partial charge in [-0.3, -0.25) is 0 Å². The van der Waals surface area contributed by atoms with Crippen molar-refractivity contribution in [3.63, 3.8) is 0 Å². The molecule has 0 unspecified atom stereocenters. The minimum Gasteiger partial charge on any atom is -0.107 e. The predicted octanol–water partition coefficient (Wildman–Crippen LogP) is 6.28. The number of hydrogen-bond acceptors (Lipinski definition) is 0. The van der Waals surface area contributed by atoms with Crippen LogP contribution in [0.3, 0.4) is 0 Å².